The molecule has 104 valence electrons. The van der Waals surface area contributed by atoms with Crippen LogP contribution in [0.2, 0.25) is 0 Å². The van der Waals surface area contributed by atoms with Crippen molar-refractivity contribution in [2.24, 2.45) is 0 Å². The molecule has 0 atom stereocenters. The van der Waals surface area contributed by atoms with Gasteiger partial charge in [0.25, 0.3) is 0 Å². The van der Waals surface area contributed by atoms with Gasteiger partial charge >= 0.3 is 6.03 Å². The van der Waals surface area contributed by atoms with Gasteiger partial charge in [0.1, 0.15) is 6.54 Å². The second-order valence-electron chi connectivity index (χ2n) is 5.53. The minimum Gasteiger partial charge on any atom is -0.353 e. The molecule has 0 radical (unpaired) electrons. The first-order chi connectivity index (χ1) is 8.38. The van der Waals surface area contributed by atoms with Gasteiger partial charge in [0.2, 0.25) is 5.91 Å². The number of carbonyl (C=O) groups excluding carboxylic acids is 2. The summed E-state index contributed by atoms with van der Waals surface area (Å²) < 4.78 is 0. The SMILES string of the molecule is CC(C)(C)NCCNC(=O)CN1CCCNC1=O. The Bertz CT molecular complexity index is 299. The molecule has 6 nitrogen and oxygen atoms in total. The summed E-state index contributed by atoms with van der Waals surface area (Å²) in [5.74, 6) is -0.109. The second-order valence-corrected chi connectivity index (χ2v) is 5.53. The summed E-state index contributed by atoms with van der Waals surface area (Å²) in [5, 5.41) is 8.80. The van der Waals surface area contributed by atoms with Crippen LogP contribution in [0.1, 0.15) is 27.2 Å². The fourth-order valence-corrected chi connectivity index (χ4v) is 1.70. The van der Waals surface area contributed by atoms with E-state index in [1.807, 2.05) is 0 Å². The third kappa shape index (κ3) is 5.86. The maximum Gasteiger partial charge on any atom is 0.317 e. The van der Waals surface area contributed by atoms with Crippen LogP contribution in [-0.2, 0) is 4.79 Å². The molecule has 6 heteroatoms. The van der Waals surface area contributed by atoms with Crippen LogP contribution in [0, 0.1) is 0 Å². The van der Waals surface area contributed by atoms with E-state index in [9.17, 15) is 9.59 Å². The van der Waals surface area contributed by atoms with E-state index in [1.54, 1.807) is 0 Å². The molecule has 1 aliphatic heterocycles. The smallest absolute Gasteiger partial charge is 0.317 e. The van der Waals surface area contributed by atoms with Crippen molar-refractivity contribution in [3.8, 4) is 0 Å². The summed E-state index contributed by atoms with van der Waals surface area (Å²) >= 11 is 0. The third-order valence-corrected chi connectivity index (χ3v) is 2.61. The standard InChI is InChI=1S/C12H24N4O2/c1-12(2,3)15-7-6-13-10(17)9-16-8-4-5-14-11(16)18/h15H,4-9H2,1-3H3,(H,13,17)(H,14,18). The molecule has 0 aromatic carbocycles. The van der Waals surface area contributed by atoms with Gasteiger partial charge in [-0.3, -0.25) is 4.79 Å². The molecule has 3 N–H and O–H groups in total. The van der Waals surface area contributed by atoms with Crippen LogP contribution < -0.4 is 16.0 Å². The number of urea groups is 1. The lowest BCUT2D eigenvalue weighted by Crippen LogP contribution is -2.50. The van der Waals surface area contributed by atoms with E-state index in [0.29, 0.717) is 19.6 Å². The zero-order chi connectivity index (χ0) is 13.6. The number of nitrogens with zero attached hydrogens (tertiary/aromatic N) is 1. The predicted molar refractivity (Wildman–Crippen MR) is 70.4 cm³/mol. The van der Waals surface area contributed by atoms with Crippen molar-refractivity contribution >= 4 is 11.9 Å². The fraction of sp³-hybridized carbons (Fsp3) is 0.833. The van der Waals surface area contributed by atoms with Crippen molar-refractivity contribution in [2.75, 3.05) is 32.7 Å². The van der Waals surface area contributed by atoms with Gasteiger partial charge in [-0.25, -0.2) is 4.79 Å². The number of carbonyl (C=O) groups is 2. The first-order valence-electron chi connectivity index (χ1n) is 6.43. The van der Waals surface area contributed by atoms with Gasteiger partial charge in [-0.05, 0) is 27.2 Å². The lowest BCUT2D eigenvalue weighted by atomic mass is 10.1. The number of hydrogen-bond donors (Lipinski definition) is 3. The summed E-state index contributed by atoms with van der Waals surface area (Å²) in [6, 6.07) is -0.149. The minimum absolute atomic E-state index is 0.0531. The van der Waals surface area contributed by atoms with Gasteiger partial charge < -0.3 is 20.9 Å². The van der Waals surface area contributed by atoms with E-state index in [2.05, 4.69) is 36.7 Å². The van der Waals surface area contributed by atoms with Crippen molar-refractivity contribution in [3.05, 3.63) is 0 Å². The largest absolute Gasteiger partial charge is 0.353 e. The van der Waals surface area contributed by atoms with E-state index in [-0.39, 0.29) is 24.0 Å². The quantitative estimate of drug-likeness (QED) is 0.602. The molecule has 1 heterocycles. The molecule has 18 heavy (non-hydrogen) atoms. The molecule has 1 fully saturated rings. The van der Waals surface area contributed by atoms with Crippen molar-refractivity contribution in [2.45, 2.75) is 32.7 Å². The molecule has 0 aromatic heterocycles. The molecule has 0 spiro atoms. The number of nitrogens with one attached hydrogen (secondary N) is 3. The topological polar surface area (TPSA) is 73.5 Å². The van der Waals surface area contributed by atoms with Gasteiger partial charge in [-0.15, -0.1) is 0 Å². The van der Waals surface area contributed by atoms with Crippen LogP contribution in [0.15, 0.2) is 0 Å². The van der Waals surface area contributed by atoms with Crippen LogP contribution in [0.4, 0.5) is 4.79 Å². The first-order valence-corrected chi connectivity index (χ1v) is 6.43. The highest BCUT2D eigenvalue weighted by atomic mass is 16.2. The third-order valence-electron chi connectivity index (χ3n) is 2.61. The first kappa shape index (κ1) is 14.8. The van der Waals surface area contributed by atoms with Crippen LogP contribution in [0.5, 0.6) is 0 Å². The van der Waals surface area contributed by atoms with E-state index < -0.39 is 0 Å². The summed E-state index contributed by atoms with van der Waals surface area (Å²) in [5.41, 5.74) is 0.0531. The molecule has 0 saturated carbocycles. The molecule has 0 aliphatic carbocycles. The Morgan fingerprint density at radius 3 is 2.72 bits per heavy atom. The Labute approximate surface area is 108 Å². The zero-order valence-corrected chi connectivity index (χ0v) is 11.5. The van der Waals surface area contributed by atoms with E-state index >= 15 is 0 Å². The highest BCUT2D eigenvalue weighted by molar-refractivity contribution is 5.84. The summed E-state index contributed by atoms with van der Waals surface area (Å²) in [4.78, 5) is 24.6. The molecule has 3 amide bonds. The van der Waals surface area contributed by atoms with Crippen LogP contribution in [0.3, 0.4) is 0 Å². The highest BCUT2D eigenvalue weighted by Crippen LogP contribution is 1.98. The zero-order valence-electron chi connectivity index (χ0n) is 11.5. The van der Waals surface area contributed by atoms with E-state index in [4.69, 9.17) is 0 Å². The summed E-state index contributed by atoms with van der Waals surface area (Å²) in [7, 11) is 0. The summed E-state index contributed by atoms with van der Waals surface area (Å²) in [6.07, 6.45) is 0.893. The van der Waals surface area contributed by atoms with Crippen molar-refractivity contribution < 1.29 is 9.59 Å². The Morgan fingerprint density at radius 2 is 2.11 bits per heavy atom. The van der Waals surface area contributed by atoms with E-state index in [0.717, 1.165) is 13.0 Å². The molecule has 0 bridgehead atoms. The second kappa shape index (κ2) is 6.58. The Morgan fingerprint density at radius 1 is 1.39 bits per heavy atom. The molecule has 1 saturated heterocycles. The van der Waals surface area contributed by atoms with Crippen molar-refractivity contribution in [1.82, 2.24) is 20.9 Å². The molecular weight excluding hydrogens is 232 g/mol. The normalized spacial score (nSPS) is 16.4. The van der Waals surface area contributed by atoms with Gasteiger partial charge in [0, 0.05) is 31.7 Å². The molecule has 1 aliphatic rings. The lowest BCUT2D eigenvalue weighted by Gasteiger charge is -2.27. The number of rotatable bonds is 5. The van der Waals surface area contributed by atoms with Gasteiger partial charge in [-0.2, -0.15) is 0 Å². The Kier molecular flexibility index (Phi) is 5.40. The van der Waals surface area contributed by atoms with Gasteiger partial charge in [0.05, 0.1) is 0 Å². The van der Waals surface area contributed by atoms with Crippen LogP contribution >= 0.6 is 0 Å². The van der Waals surface area contributed by atoms with Crippen molar-refractivity contribution in [1.29, 1.82) is 0 Å². The number of hydrogen-bond acceptors (Lipinski definition) is 3. The Hall–Kier alpha value is -1.30. The van der Waals surface area contributed by atoms with Gasteiger partial charge in [-0.1, -0.05) is 0 Å². The monoisotopic (exact) mass is 256 g/mol. The maximum absolute atomic E-state index is 11.6. The van der Waals surface area contributed by atoms with Crippen LogP contribution in [0.25, 0.3) is 0 Å². The minimum atomic E-state index is -0.149. The fourth-order valence-electron chi connectivity index (χ4n) is 1.70. The molecule has 1 rings (SSSR count). The molecule has 0 unspecified atom stereocenters. The average molecular weight is 256 g/mol. The average Bonchev–Trinajstić information content (AvgIpc) is 2.26. The highest BCUT2D eigenvalue weighted by Gasteiger charge is 2.19. The Balaban J connectivity index is 2.15. The maximum atomic E-state index is 11.6. The van der Waals surface area contributed by atoms with E-state index in [1.165, 1.54) is 4.90 Å². The summed E-state index contributed by atoms with van der Waals surface area (Å²) in [6.45, 7) is 9.02. The predicted octanol–water partition coefficient (Wildman–Crippen LogP) is -0.0940. The van der Waals surface area contributed by atoms with Crippen LogP contribution in [-0.4, -0.2) is 55.1 Å². The van der Waals surface area contributed by atoms with Crippen molar-refractivity contribution in [3.63, 3.8) is 0 Å². The van der Waals surface area contributed by atoms with Gasteiger partial charge in [0.15, 0.2) is 0 Å². The number of amides is 3. The lowest BCUT2D eigenvalue weighted by molar-refractivity contribution is -0.121. The molecule has 0 aromatic rings. The molecular formula is C12H24N4O2.